The molecule has 2 rings (SSSR count). The lowest BCUT2D eigenvalue weighted by Gasteiger charge is -2.33. The molecule has 7 amide bonds. The number of likely N-dealkylation sites (tertiary alicyclic amines) is 2. The fourth-order valence-corrected chi connectivity index (χ4v) is 6.41. The minimum Gasteiger partial charge on any atom is -0.481 e. The zero-order valence-electron chi connectivity index (χ0n) is 31.2. The summed E-state index contributed by atoms with van der Waals surface area (Å²) < 4.78 is 0. The van der Waals surface area contributed by atoms with Crippen molar-refractivity contribution >= 4 is 53.3 Å². The van der Waals surface area contributed by atoms with Gasteiger partial charge in [0.15, 0.2) is 0 Å². The molecule has 0 radical (unpaired) electrons. The summed E-state index contributed by atoms with van der Waals surface area (Å²) in [6.45, 7) is 5.48. The molecule has 0 aliphatic carbocycles. The van der Waals surface area contributed by atoms with Gasteiger partial charge in [0, 0.05) is 25.9 Å². The van der Waals surface area contributed by atoms with Crippen LogP contribution >= 0.6 is 0 Å². The Morgan fingerprint density at radius 3 is 1.80 bits per heavy atom. The smallest absolute Gasteiger partial charge is 0.326 e. The van der Waals surface area contributed by atoms with Crippen LogP contribution in [-0.4, -0.2) is 135 Å². The van der Waals surface area contributed by atoms with Gasteiger partial charge in [-0.3, -0.25) is 38.4 Å². The van der Waals surface area contributed by atoms with Gasteiger partial charge in [-0.25, -0.2) is 4.79 Å². The fraction of sp³-hybridized carbons (Fsp3) is 0.735. The van der Waals surface area contributed by atoms with Crippen molar-refractivity contribution in [2.45, 2.75) is 134 Å². The number of hydrogen-bond acceptors (Lipinski definition) is 11. The number of rotatable bonds is 22. The van der Waals surface area contributed by atoms with Crippen molar-refractivity contribution in [3.8, 4) is 0 Å². The number of carbonyl (C=O) groups is 9. The summed E-state index contributed by atoms with van der Waals surface area (Å²) in [6.07, 6.45) is 1.62. The third-order valence-corrected chi connectivity index (χ3v) is 9.52. The van der Waals surface area contributed by atoms with E-state index in [0.717, 1.165) is 0 Å². The first-order chi connectivity index (χ1) is 25.4. The van der Waals surface area contributed by atoms with Crippen molar-refractivity contribution in [2.24, 2.45) is 23.1 Å². The summed E-state index contributed by atoms with van der Waals surface area (Å²) in [5.74, 6) is -7.64. The first-order valence-electron chi connectivity index (χ1n) is 18.4. The minimum absolute atomic E-state index is 0.104. The second-order valence-electron chi connectivity index (χ2n) is 14.1. The molecule has 0 aromatic carbocycles. The molecule has 0 saturated carbocycles. The van der Waals surface area contributed by atoms with Gasteiger partial charge in [-0.1, -0.05) is 13.8 Å². The van der Waals surface area contributed by atoms with Gasteiger partial charge in [0.1, 0.15) is 36.3 Å². The molecule has 0 spiro atoms. The highest BCUT2D eigenvalue weighted by atomic mass is 16.4. The molecule has 20 heteroatoms. The average Bonchev–Trinajstić information content (AvgIpc) is 3.80. The molecule has 2 heterocycles. The first-order valence-corrected chi connectivity index (χ1v) is 18.4. The molecular weight excluding hydrogens is 710 g/mol. The lowest BCUT2D eigenvalue weighted by molar-refractivity contribution is -0.145. The zero-order valence-corrected chi connectivity index (χ0v) is 31.2. The second kappa shape index (κ2) is 21.8. The number of carbonyl (C=O) groups excluding carboxylic acids is 7. The Bertz CT molecular complexity index is 1390. The molecule has 2 aliphatic heterocycles. The van der Waals surface area contributed by atoms with Gasteiger partial charge in [0.05, 0.1) is 6.04 Å². The van der Waals surface area contributed by atoms with Gasteiger partial charge in [-0.2, -0.15) is 0 Å². The van der Waals surface area contributed by atoms with Crippen LogP contribution in [0.3, 0.4) is 0 Å². The molecule has 0 aromatic heterocycles. The highest BCUT2D eigenvalue weighted by molar-refractivity contribution is 5.97. The largest absolute Gasteiger partial charge is 0.481 e. The number of nitrogens with zero attached hydrogens (tertiary/aromatic N) is 2. The number of carboxylic acids is 2. The molecule has 0 bridgehead atoms. The second-order valence-corrected chi connectivity index (χ2v) is 14.1. The lowest BCUT2D eigenvalue weighted by atomic mass is 10.0. The molecule has 12 N–H and O–H groups in total. The number of primary amides is 1. The van der Waals surface area contributed by atoms with Gasteiger partial charge < -0.3 is 58.5 Å². The van der Waals surface area contributed by atoms with Crippen LogP contribution in [0.25, 0.3) is 0 Å². The van der Waals surface area contributed by atoms with E-state index >= 15 is 0 Å². The van der Waals surface area contributed by atoms with Crippen LogP contribution in [0.2, 0.25) is 0 Å². The maximum absolute atomic E-state index is 13.9. The van der Waals surface area contributed by atoms with Crippen molar-refractivity contribution in [1.29, 1.82) is 0 Å². The van der Waals surface area contributed by atoms with E-state index in [4.69, 9.17) is 22.3 Å². The average molecular weight is 768 g/mol. The van der Waals surface area contributed by atoms with Crippen molar-refractivity contribution in [3.05, 3.63) is 0 Å². The Balaban J connectivity index is 2.14. The highest BCUT2D eigenvalue weighted by Gasteiger charge is 2.42. The van der Waals surface area contributed by atoms with Crippen molar-refractivity contribution in [1.82, 2.24) is 31.1 Å². The van der Waals surface area contributed by atoms with Gasteiger partial charge in [0.2, 0.25) is 41.4 Å². The molecule has 0 unspecified atom stereocenters. The van der Waals surface area contributed by atoms with Crippen LogP contribution in [0.4, 0.5) is 0 Å². The SMILES string of the molecule is CC(C)[C@H](NC(=O)[C@@H]1CCCN1C(=O)[C@@H](N)CCC(=O)O)C(=O)N1CCC[C@H]1C(=O)N[C@H](CCC(N)=O)C(=O)N[C@@H](C)C(=O)N[C@@H](CCCCN)C(=O)O. The number of hydrogen-bond donors (Lipinski definition) is 9. The third kappa shape index (κ3) is 13.5. The quantitative estimate of drug-likeness (QED) is 0.0506. The number of amides is 7. The molecule has 20 nitrogen and oxygen atoms in total. The summed E-state index contributed by atoms with van der Waals surface area (Å²) in [6, 6.07) is -7.99. The van der Waals surface area contributed by atoms with E-state index in [1.807, 2.05) is 0 Å². The van der Waals surface area contributed by atoms with E-state index in [-0.39, 0.29) is 51.6 Å². The molecule has 2 aliphatic rings. The van der Waals surface area contributed by atoms with E-state index in [9.17, 15) is 48.3 Å². The predicted molar refractivity (Wildman–Crippen MR) is 192 cm³/mol. The minimum atomic E-state index is -1.36. The highest BCUT2D eigenvalue weighted by Crippen LogP contribution is 2.23. The summed E-state index contributed by atoms with van der Waals surface area (Å²) in [5.41, 5.74) is 16.7. The molecule has 54 heavy (non-hydrogen) atoms. The van der Waals surface area contributed by atoms with Crippen LogP contribution in [0.1, 0.15) is 91.4 Å². The van der Waals surface area contributed by atoms with Gasteiger partial charge in [-0.05, 0) is 77.2 Å². The molecule has 2 saturated heterocycles. The Morgan fingerprint density at radius 1 is 0.704 bits per heavy atom. The Hall–Kier alpha value is -4.85. The normalized spacial score (nSPS) is 19.6. The maximum atomic E-state index is 13.9. The lowest BCUT2D eigenvalue weighted by Crippen LogP contribution is -2.60. The standard InChI is InChI=1S/C34H57N9O11/c1-18(2)27(41-31(50)24-10-6-16-42(24)32(51)20(36)11-14-26(45)46)33(52)43-17-7-9-23(43)30(49)39-21(12-13-25(37)44)29(48)38-19(3)28(47)40-22(34(53)54)8-4-5-15-35/h18-24,27H,4-17,35-36H2,1-3H3,(H2,37,44)(H,38,48)(H,39,49)(H,40,47)(H,41,50)(H,45,46)(H,53,54)/t19-,20-,21+,22-,23-,24-,27-/m0/s1. The van der Waals surface area contributed by atoms with Crippen LogP contribution in [0.5, 0.6) is 0 Å². The molecule has 304 valence electrons. The Labute approximate surface area is 314 Å². The van der Waals surface area contributed by atoms with Crippen LogP contribution in [-0.2, 0) is 43.2 Å². The number of carboxylic acid groups (broad SMARTS) is 2. The Kier molecular flexibility index (Phi) is 18.3. The predicted octanol–water partition coefficient (Wildman–Crippen LogP) is -2.75. The molecule has 0 aromatic rings. The summed E-state index contributed by atoms with van der Waals surface area (Å²) in [4.78, 5) is 117. The topological polar surface area (TPSA) is 327 Å². The number of nitrogens with one attached hydrogen (secondary N) is 4. The van der Waals surface area contributed by atoms with E-state index in [2.05, 4.69) is 21.3 Å². The third-order valence-electron chi connectivity index (χ3n) is 9.52. The Morgan fingerprint density at radius 2 is 1.28 bits per heavy atom. The first kappa shape index (κ1) is 45.3. The van der Waals surface area contributed by atoms with Crippen LogP contribution < -0.4 is 38.5 Å². The van der Waals surface area contributed by atoms with Crippen molar-refractivity contribution < 1.29 is 53.4 Å². The number of unbranched alkanes of at least 4 members (excludes halogenated alkanes) is 1. The van der Waals surface area contributed by atoms with Gasteiger partial charge in [-0.15, -0.1) is 0 Å². The maximum Gasteiger partial charge on any atom is 0.326 e. The van der Waals surface area contributed by atoms with Crippen molar-refractivity contribution in [3.63, 3.8) is 0 Å². The van der Waals surface area contributed by atoms with E-state index < -0.39 is 101 Å². The van der Waals surface area contributed by atoms with Crippen LogP contribution in [0.15, 0.2) is 0 Å². The van der Waals surface area contributed by atoms with E-state index in [1.54, 1.807) is 13.8 Å². The zero-order chi connectivity index (χ0) is 40.7. The monoisotopic (exact) mass is 767 g/mol. The van der Waals surface area contributed by atoms with E-state index in [1.165, 1.54) is 16.7 Å². The summed E-state index contributed by atoms with van der Waals surface area (Å²) in [7, 11) is 0. The summed E-state index contributed by atoms with van der Waals surface area (Å²) >= 11 is 0. The van der Waals surface area contributed by atoms with Crippen molar-refractivity contribution in [2.75, 3.05) is 19.6 Å². The summed E-state index contributed by atoms with van der Waals surface area (Å²) in [5, 5.41) is 28.6. The van der Waals surface area contributed by atoms with E-state index in [0.29, 0.717) is 38.6 Å². The fourth-order valence-electron chi connectivity index (χ4n) is 6.41. The number of aliphatic carboxylic acids is 2. The number of nitrogens with two attached hydrogens (primary N) is 3. The van der Waals surface area contributed by atoms with Crippen LogP contribution in [0, 0.1) is 5.92 Å². The molecular formula is C34H57N9O11. The molecule has 7 atom stereocenters. The van der Waals surface area contributed by atoms with Gasteiger partial charge in [0.25, 0.3) is 0 Å². The molecule has 2 fully saturated rings. The van der Waals surface area contributed by atoms with Gasteiger partial charge >= 0.3 is 11.9 Å².